The molecule has 0 amide bonds. The van der Waals surface area contributed by atoms with Crippen LogP contribution in [0.3, 0.4) is 0 Å². The van der Waals surface area contributed by atoms with Crippen molar-refractivity contribution in [2.75, 3.05) is 11.9 Å². The van der Waals surface area contributed by atoms with Crippen LogP contribution in [0.4, 0.5) is 5.69 Å². The lowest BCUT2D eigenvalue weighted by atomic mass is 10.1. The summed E-state index contributed by atoms with van der Waals surface area (Å²) in [5, 5.41) is 4.16. The number of rotatable bonds is 7. The highest BCUT2D eigenvalue weighted by Gasteiger charge is 1.98. The Morgan fingerprint density at radius 2 is 1.67 bits per heavy atom. The van der Waals surface area contributed by atoms with Gasteiger partial charge in [0.15, 0.2) is 0 Å². The fourth-order valence-electron chi connectivity index (χ4n) is 1.92. The number of halogens is 1. The zero-order valence-electron chi connectivity index (χ0n) is 12.6. The molecule has 0 fully saturated rings. The van der Waals surface area contributed by atoms with Crippen molar-refractivity contribution in [1.29, 1.82) is 0 Å². The maximum Gasteiger partial charge on any atom is 0.119 e. The molecule has 0 bridgehead atoms. The molecule has 2 aromatic carbocycles. The largest absolute Gasteiger partial charge is 0.489 e. The third kappa shape index (κ3) is 5.68. The van der Waals surface area contributed by atoms with Crippen molar-refractivity contribution < 1.29 is 4.74 Å². The summed E-state index contributed by atoms with van der Waals surface area (Å²) in [6, 6.07) is 15.8. The van der Waals surface area contributed by atoms with Crippen molar-refractivity contribution in [1.82, 2.24) is 0 Å². The minimum Gasteiger partial charge on any atom is -0.489 e. The van der Waals surface area contributed by atoms with E-state index in [0.717, 1.165) is 34.5 Å². The molecule has 0 saturated carbocycles. The molecule has 0 aromatic heterocycles. The molecule has 0 atom stereocenters. The van der Waals surface area contributed by atoms with E-state index in [0.29, 0.717) is 6.61 Å². The van der Waals surface area contributed by atoms with Crippen LogP contribution in [0.1, 0.15) is 25.8 Å². The van der Waals surface area contributed by atoms with Gasteiger partial charge in [-0.05, 0) is 54.3 Å². The third-order valence-electron chi connectivity index (χ3n) is 3.22. The van der Waals surface area contributed by atoms with Gasteiger partial charge in [-0.1, -0.05) is 37.6 Å². The van der Waals surface area contributed by atoms with Crippen LogP contribution in [0.2, 0.25) is 5.02 Å². The van der Waals surface area contributed by atoms with Gasteiger partial charge in [-0.25, -0.2) is 0 Å². The summed E-state index contributed by atoms with van der Waals surface area (Å²) in [5.41, 5.74) is 2.24. The van der Waals surface area contributed by atoms with Gasteiger partial charge in [0.05, 0.1) is 0 Å². The van der Waals surface area contributed by atoms with Crippen molar-refractivity contribution >= 4 is 17.3 Å². The van der Waals surface area contributed by atoms with Crippen LogP contribution in [0.15, 0.2) is 48.5 Å². The first kappa shape index (κ1) is 15.7. The molecule has 2 nitrogen and oxygen atoms in total. The highest BCUT2D eigenvalue weighted by Crippen LogP contribution is 2.18. The second-order valence-corrected chi connectivity index (χ2v) is 5.99. The number of hydrogen-bond donors (Lipinski definition) is 1. The summed E-state index contributed by atoms with van der Waals surface area (Å²) in [4.78, 5) is 0. The van der Waals surface area contributed by atoms with Crippen molar-refractivity contribution in [2.45, 2.75) is 26.9 Å². The molecule has 3 heteroatoms. The van der Waals surface area contributed by atoms with E-state index in [4.69, 9.17) is 16.3 Å². The Morgan fingerprint density at radius 3 is 2.29 bits per heavy atom. The summed E-state index contributed by atoms with van der Waals surface area (Å²) in [6.45, 7) is 6.02. The van der Waals surface area contributed by atoms with Crippen LogP contribution in [0.5, 0.6) is 5.75 Å². The van der Waals surface area contributed by atoms with E-state index >= 15 is 0 Å². The molecule has 0 heterocycles. The van der Waals surface area contributed by atoms with Crippen molar-refractivity contribution in [3.63, 3.8) is 0 Å². The quantitative estimate of drug-likeness (QED) is 0.741. The van der Waals surface area contributed by atoms with Gasteiger partial charge in [0.1, 0.15) is 12.4 Å². The lowest BCUT2D eigenvalue weighted by Gasteiger charge is -2.10. The molecule has 2 aromatic rings. The number of anilines is 1. The summed E-state index contributed by atoms with van der Waals surface area (Å²) >= 11 is 5.86. The summed E-state index contributed by atoms with van der Waals surface area (Å²) in [7, 11) is 0. The monoisotopic (exact) mass is 303 g/mol. The molecule has 0 unspecified atom stereocenters. The first-order valence-electron chi connectivity index (χ1n) is 7.34. The first-order chi connectivity index (χ1) is 10.1. The zero-order valence-corrected chi connectivity index (χ0v) is 13.4. The molecular weight excluding hydrogens is 282 g/mol. The normalized spacial score (nSPS) is 10.7. The van der Waals surface area contributed by atoms with Crippen LogP contribution in [0.25, 0.3) is 0 Å². The summed E-state index contributed by atoms with van der Waals surface area (Å²) in [5.74, 6) is 1.60. The highest BCUT2D eigenvalue weighted by molar-refractivity contribution is 6.30. The standard InChI is InChI=1S/C18H22ClNO/c1-14(2)11-12-20-17-7-9-18(10-8-17)21-13-15-3-5-16(19)6-4-15/h3-10,14,20H,11-13H2,1-2H3. The topological polar surface area (TPSA) is 21.3 Å². The first-order valence-corrected chi connectivity index (χ1v) is 7.72. The predicted octanol–water partition coefficient (Wildman–Crippen LogP) is 5.38. The lowest BCUT2D eigenvalue weighted by molar-refractivity contribution is 0.306. The van der Waals surface area contributed by atoms with Crippen LogP contribution in [-0.4, -0.2) is 6.54 Å². The van der Waals surface area contributed by atoms with E-state index in [1.54, 1.807) is 0 Å². The second-order valence-electron chi connectivity index (χ2n) is 5.55. The minimum atomic E-state index is 0.553. The molecule has 1 N–H and O–H groups in total. The van der Waals surface area contributed by atoms with E-state index in [1.165, 1.54) is 6.42 Å². The summed E-state index contributed by atoms with van der Waals surface area (Å²) < 4.78 is 5.76. The van der Waals surface area contributed by atoms with Gasteiger partial charge in [-0.15, -0.1) is 0 Å². The van der Waals surface area contributed by atoms with Crippen molar-refractivity contribution in [2.24, 2.45) is 5.92 Å². The Morgan fingerprint density at radius 1 is 1.00 bits per heavy atom. The Kier molecular flexibility index (Phi) is 5.94. The SMILES string of the molecule is CC(C)CCNc1ccc(OCc2ccc(Cl)cc2)cc1. The predicted molar refractivity (Wildman–Crippen MR) is 90.2 cm³/mol. The molecule has 21 heavy (non-hydrogen) atoms. The third-order valence-corrected chi connectivity index (χ3v) is 3.48. The molecule has 112 valence electrons. The maximum atomic E-state index is 5.86. The lowest BCUT2D eigenvalue weighted by Crippen LogP contribution is -2.04. The van der Waals surface area contributed by atoms with Crippen molar-refractivity contribution in [3.05, 3.63) is 59.1 Å². The van der Waals surface area contributed by atoms with E-state index in [9.17, 15) is 0 Å². The van der Waals surface area contributed by atoms with Crippen LogP contribution in [-0.2, 0) is 6.61 Å². The number of ether oxygens (including phenoxy) is 1. The smallest absolute Gasteiger partial charge is 0.119 e. The molecule has 0 spiro atoms. The average Bonchev–Trinajstić information content (AvgIpc) is 2.48. The molecule has 0 aliphatic heterocycles. The van der Waals surface area contributed by atoms with E-state index < -0.39 is 0 Å². The van der Waals surface area contributed by atoms with Gasteiger partial charge in [0.2, 0.25) is 0 Å². The number of benzene rings is 2. The van der Waals surface area contributed by atoms with Crippen LogP contribution < -0.4 is 10.1 Å². The average molecular weight is 304 g/mol. The van der Waals surface area contributed by atoms with Gasteiger partial charge in [0.25, 0.3) is 0 Å². The molecular formula is C18H22ClNO. The van der Waals surface area contributed by atoms with Gasteiger partial charge in [0, 0.05) is 17.3 Å². The van der Waals surface area contributed by atoms with Gasteiger partial charge >= 0.3 is 0 Å². The van der Waals surface area contributed by atoms with Gasteiger partial charge in [-0.2, -0.15) is 0 Å². The van der Waals surface area contributed by atoms with E-state index in [-0.39, 0.29) is 0 Å². The van der Waals surface area contributed by atoms with Crippen molar-refractivity contribution in [3.8, 4) is 5.75 Å². The fraction of sp³-hybridized carbons (Fsp3) is 0.333. The molecule has 2 rings (SSSR count). The Bertz CT molecular complexity index is 534. The van der Waals surface area contributed by atoms with E-state index in [1.807, 2.05) is 36.4 Å². The van der Waals surface area contributed by atoms with E-state index in [2.05, 4.69) is 31.3 Å². The van der Waals surface area contributed by atoms with Gasteiger partial charge < -0.3 is 10.1 Å². The van der Waals surface area contributed by atoms with Crippen LogP contribution in [0, 0.1) is 5.92 Å². The Labute approximate surface area is 132 Å². The number of nitrogens with one attached hydrogen (secondary N) is 1. The van der Waals surface area contributed by atoms with Crippen LogP contribution >= 0.6 is 11.6 Å². The molecule has 0 aliphatic carbocycles. The second kappa shape index (κ2) is 7.94. The van der Waals surface area contributed by atoms with Gasteiger partial charge in [-0.3, -0.25) is 0 Å². The summed E-state index contributed by atoms with van der Waals surface area (Å²) in [6.07, 6.45) is 1.18. The Balaban J connectivity index is 1.80. The highest BCUT2D eigenvalue weighted by atomic mass is 35.5. The number of hydrogen-bond acceptors (Lipinski definition) is 2. The zero-order chi connectivity index (χ0) is 15.1. The molecule has 0 saturated heterocycles. The minimum absolute atomic E-state index is 0.553. The molecule has 0 radical (unpaired) electrons. The molecule has 0 aliphatic rings. The fourth-order valence-corrected chi connectivity index (χ4v) is 2.05. The maximum absolute atomic E-state index is 5.86. The Hall–Kier alpha value is -1.67.